The summed E-state index contributed by atoms with van der Waals surface area (Å²) in [4.78, 5) is 35.4. The number of likely N-dealkylation sites (N-methyl/N-ethyl adjacent to an activating group) is 1. The van der Waals surface area contributed by atoms with Gasteiger partial charge >= 0.3 is 19.8 Å². The van der Waals surface area contributed by atoms with Crippen LogP contribution in [0, 0.1) is 0 Å². The number of hydrogen-bond donors (Lipinski definition) is 1. The van der Waals surface area contributed by atoms with Crippen LogP contribution in [0.1, 0.15) is 194 Å². The third-order valence-electron chi connectivity index (χ3n) is 9.68. The van der Waals surface area contributed by atoms with Gasteiger partial charge in [0.15, 0.2) is 6.10 Å². The average Bonchev–Trinajstić information content (AvgIpc) is 3.15. The summed E-state index contributed by atoms with van der Waals surface area (Å²) in [5.41, 5.74) is 0. The fraction of sp³-hybridized carbons (Fsp3) is 0.826. The van der Waals surface area contributed by atoms with Gasteiger partial charge in [0.25, 0.3) is 0 Å². The highest BCUT2D eigenvalue weighted by Crippen LogP contribution is 2.43. The zero-order valence-electron chi connectivity index (χ0n) is 36.9. The highest BCUT2D eigenvalue weighted by atomic mass is 31.2. The average molecular weight is 813 g/mol. The van der Waals surface area contributed by atoms with Crippen LogP contribution in [0.5, 0.6) is 0 Å². The molecule has 0 aromatic heterocycles. The summed E-state index contributed by atoms with van der Waals surface area (Å²) in [5.74, 6) is -0.813. The number of carbonyl (C=O) groups is 2. The van der Waals surface area contributed by atoms with Crippen LogP contribution >= 0.6 is 7.82 Å². The number of unbranched alkanes of at least 4 members (excludes halogenated alkanes) is 21. The van der Waals surface area contributed by atoms with E-state index in [2.05, 4.69) is 50.3 Å². The summed E-state index contributed by atoms with van der Waals surface area (Å²) in [5, 5.41) is 0. The number of phosphoric ester groups is 1. The summed E-state index contributed by atoms with van der Waals surface area (Å²) in [6.45, 7) is 4.30. The maximum Gasteiger partial charge on any atom is 0.472 e. The van der Waals surface area contributed by atoms with E-state index in [-0.39, 0.29) is 32.0 Å². The van der Waals surface area contributed by atoms with Crippen LogP contribution in [0.4, 0.5) is 0 Å². The van der Waals surface area contributed by atoms with Gasteiger partial charge in [0.05, 0.1) is 27.7 Å². The van der Waals surface area contributed by atoms with Crippen LogP contribution in [0.25, 0.3) is 0 Å². The molecule has 0 fully saturated rings. The van der Waals surface area contributed by atoms with Gasteiger partial charge < -0.3 is 18.9 Å². The van der Waals surface area contributed by atoms with E-state index in [0.29, 0.717) is 17.4 Å². The van der Waals surface area contributed by atoms with E-state index in [1.807, 2.05) is 21.1 Å². The summed E-state index contributed by atoms with van der Waals surface area (Å²) >= 11 is 0. The van der Waals surface area contributed by atoms with Crippen molar-refractivity contribution < 1.29 is 42.1 Å². The Morgan fingerprint density at radius 1 is 0.571 bits per heavy atom. The maximum absolute atomic E-state index is 12.7. The quantitative estimate of drug-likeness (QED) is 0.0214. The van der Waals surface area contributed by atoms with Crippen molar-refractivity contribution in [1.82, 2.24) is 0 Å². The van der Waals surface area contributed by atoms with Crippen molar-refractivity contribution in [3.8, 4) is 0 Å². The zero-order valence-corrected chi connectivity index (χ0v) is 37.8. The number of phosphoric acid groups is 1. The number of carbonyl (C=O) groups excluding carboxylic acids is 2. The molecular weight excluding hydrogens is 725 g/mol. The van der Waals surface area contributed by atoms with E-state index in [4.69, 9.17) is 18.5 Å². The van der Waals surface area contributed by atoms with Crippen molar-refractivity contribution in [3.63, 3.8) is 0 Å². The third-order valence-corrected chi connectivity index (χ3v) is 10.7. The lowest BCUT2D eigenvalue weighted by atomic mass is 10.0. The molecule has 1 N–H and O–H groups in total. The molecule has 328 valence electrons. The Kier molecular flexibility index (Phi) is 37.5. The Morgan fingerprint density at radius 3 is 1.52 bits per heavy atom. The minimum absolute atomic E-state index is 0.0287. The molecule has 0 bridgehead atoms. The first-order valence-electron chi connectivity index (χ1n) is 22.7. The molecule has 0 rings (SSSR count). The summed E-state index contributed by atoms with van der Waals surface area (Å²) in [6, 6.07) is 0. The molecule has 0 spiro atoms. The third kappa shape index (κ3) is 41.9. The minimum atomic E-state index is -4.38. The molecule has 0 heterocycles. The zero-order chi connectivity index (χ0) is 41.4. The Labute approximate surface area is 344 Å². The van der Waals surface area contributed by atoms with E-state index in [0.717, 1.165) is 70.6 Å². The number of allylic oxidation sites excluding steroid dienone is 6. The van der Waals surface area contributed by atoms with Crippen LogP contribution < -0.4 is 0 Å². The molecule has 9 nitrogen and oxygen atoms in total. The fourth-order valence-electron chi connectivity index (χ4n) is 6.15. The van der Waals surface area contributed by atoms with E-state index >= 15 is 0 Å². The Bertz CT molecular complexity index is 1050. The number of ether oxygens (including phenoxy) is 2. The van der Waals surface area contributed by atoms with Crippen LogP contribution in [-0.2, 0) is 32.7 Å². The molecular formula is C46H87NO8P+. The second kappa shape index (κ2) is 38.7. The molecule has 0 saturated carbocycles. The van der Waals surface area contributed by atoms with Crippen molar-refractivity contribution in [2.75, 3.05) is 47.5 Å². The molecule has 2 unspecified atom stereocenters. The highest BCUT2D eigenvalue weighted by Gasteiger charge is 2.27. The molecule has 0 radical (unpaired) electrons. The van der Waals surface area contributed by atoms with E-state index in [1.165, 1.54) is 89.9 Å². The van der Waals surface area contributed by atoms with Gasteiger partial charge in [-0.25, -0.2) is 4.57 Å². The molecule has 0 aromatic rings. The van der Waals surface area contributed by atoms with Crippen LogP contribution in [0.2, 0.25) is 0 Å². The second-order valence-corrected chi connectivity index (χ2v) is 17.9. The number of esters is 2. The lowest BCUT2D eigenvalue weighted by molar-refractivity contribution is -0.870. The topological polar surface area (TPSA) is 108 Å². The number of nitrogens with zero attached hydrogens (tertiary/aromatic N) is 1. The Hall–Kier alpha value is -1.77. The van der Waals surface area contributed by atoms with Crippen molar-refractivity contribution in [2.24, 2.45) is 0 Å². The van der Waals surface area contributed by atoms with Crippen LogP contribution in [0.3, 0.4) is 0 Å². The standard InChI is InChI=1S/C46H86NO8P/c1-6-8-10-12-14-16-18-20-22-23-25-26-28-30-32-34-36-38-45(48)52-42-44(43-54-56(50,51)53-41-40-47(3,4)5)55-46(49)39-37-35-33-31-29-27-24-21-19-17-15-13-11-9-7-2/h9,11,15,17,21,24,44H,6-8,10,12-14,16,18-20,22-23,25-43H2,1-5H3/p+1/b11-9-,17-15-,24-21-. The van der Waals surface area contributed by atoms with Gasteiger partial charge in [0.1, 0.15) is 19.8 Å². The molecule has 0 saturated heterocycles. The van der Waals surface area contributed by atoms with Gasteiger partial charge in [-0.15, -0.1) is 0 Å². The molecule has 0 aliphatic heterocycles. The SMILES string of the molecule is CC/C=C\C/C=C\C/C=C\CCCCCCCC(=O)OC(COC(=O)CCCCCCCCCCCCCCCCCCC)COP(=O)(O)OCC[N+](C)(C)C. The smallest absolute Gasteiger partial charge is 0.462 e. The van der Waals surface area contributed by atoms with Gasteiger partial charge in [-0.3, -0.25) is 18.6 Å². The predicted molar refractivity (Wildman–Crippen MR) is 234 cm³/mol. The van der Waals surface area contributed by atoms with Gasteiger partial charge in [-0.2, -0.15) is 0 Å². The first-order valence-corrected chi connectivity index (χ1v) is 24.2. The summed E-state index contributed by atoms with van der Waals surface area (Å²) in [7, 11) is 1.47. The molecule has 2 atom stereocenters. The van der Waals surface area contributed by atoms with Gasteiger partial charge in [0.2, 0.25) is 0 Å². The molecule has 0 aromatic carbocycles. The van der Waals surface area contributed by atoms with Crippen molar-refractivity contribution >= 4 is 19.8 Å². The molecule has 0 amide bonds. The number of quaternary nitrogens is 1. The van der Waals surface area contributed by atoms with E-state index in [1.54, 1.807) is 0 Å². The second-order valence-electron chi connectivity index (χ2n) is 16.4. The van der Waals surface area contributed by atoms with E-state index < -0.39 is 26.5 Å². The molecule has 0 aliphatic rings. The van der Waals surface area contributed by atoms with Crippen molar-refractivity contribution in [2.45, 2.75) is 200 Å². The summed E-state index contributed by atoms with van der Waals surface area (Å²) in [6.07, 6.45) is 43.3. The van der Waals surface area contributed by atoms with Crippen molar-refractivity contribution in [1.29, 1.82) is 0 Å². The lowest BCUT2D eigenvalue weighted by Crippen LogP contribution is -2.37. The largest absolute Gasteiger partial charge is 0.472 e. The molecule has 0 aliphatic carbocycles. The lowest BCUT2D eigenvalue weighted by Gasteiger charge is -2.24. The van der Waals surface area contributed by atoms with Gasteiger partial charge in [-0.1, -0.05) is 172 Å². The number of hydrogen-bond acceptors (Lipinski definition) is 7. The first-order chi connectivity index (χ1) is 27.0. The first kappa shape index (κ1) is 54.2. The maximum atomic E-state index is 12.7. The minimum Gasteiger partial charge on any atom is -0.462 e. The van der Waals surface area contributed by atoms with Crippen LogP contribution in [-0.4, -0.2) is 74.9 Å². The highest BCUT2D eigenvalue weighted by molar-refractivity contribution is 7.47. The molecule has 56 heavy (non-hydrogen) atoms. The Morgan fingerprint density at radius 2 is 1.02 bits per heavy atom. The predicted octanol–water partition coefficient (Wildman–Crippen LogP) is 12.9. The van der Waals surface area contributed by atoms with Crippen molar-refractivity contribution in [3.05, 3.63) is 36.5 Å². The van der Waals surface area contributed by atoms with E-state index in [9.17, 15) is 19.0 Å². The normalized spacial score (nSPS) is 13.9. The van der Waals surface area contributed by atoms with Gasteiger partial charge in [-0.05, 0) is 44.9 Å². The van der Waals surface area contributed by atoms with Gasteiger partial charge in [0, 0.05) is 12.8 Å². The van der Waals surface area contributed by atoms with Crippen LogP contribution in [0.15, 0.2) is 36.5 Å². The summed E-state index contributed by atoms with van der Waals surface area (Å²) < 4.78 is 34.3. The number of rotatable bonds is 41. The Balaban J connectivity index is 4.33. The molecule has 10 heteroatoms. The monoisotopic (exact) mass is 813 g/mol. The fourth-order valence-corrected chi connectivity index (χ4v) is 6.89.